The monoisotopic (exact) mass is 433 g/mol. The van der Waals surface area contributed by atoms with E-state index in [0.29, 0.717) is 29.0 Å². The van der Waals surface area contributed by atoms with Crippen molar-refractivity contribution < 1.29 is 9.59 Å². The molecule has 1 heterocycles. The maximum atomic E-state index is 13.2. The Hall–Kier alpha value is -2.16. The van der Waals surface area contributed by atoms with Crippen LogP contribution in [0.4, 0.5) is 0 Å². The van der Waals surface area contributed by atoms with Gasteiger partial charge in [-0.05, 0) is 64.4 Å². The molecular formula is C29H39NO2. The normalized spacial score (nSPS) is 26.6. The highest BCUT2D eigenvalue weighted by Crippen LogP contribution is 2.72. The standard InChI is InChI=1S/C29H39NO2/c1-19(29(8)18-28(29,7)17-27(5,6)26(2,3)4)15-16-30-24(31)21-13-9-11-20-12-10-14-22(23(20)21)25(30)32/h9-14,19H,15-18H2,1-8H3. The molecule has 32 heavy (non-hydrogen) atoms. The highest BCUT2D eigenvalue weighted by molar-refractivity contribution is 6.25. The third-order valence-corrected chi connectivity index (χ3v) is 9.60. The molecule has 3 atom stereocenters. The first-order chi connectivity index (χ1) is 14.7. The van der Waals surface area contributed by atoms with E-state index in [1.54, 1.807) is 0 Å². The Balaban J connectivity index is 1.49. The van der Waals surface area contributed by atoms with Crippen LogP contribution < -0.4 is 0 Å². The lowest BCUT2D eigenvalue weighted by atomic mass is 9.63. The van der Waals surface area contributed by atoms with E-state index in [4.69, 9.17) is 0 Å². The first-order valence-electron chi connectivity index (χ1n) is 12.1. The smallest absolute Gasteiger partial charge is 0.261 e. The molecule has 0 spiro atoms. The molecule has 2 amide bonds. The highest BCUT2D eigenvalue weighted by Gasteiger charge is 2.64. The third-order valence-electron chi connectivity index (χ3n) is 9.60. The molecule has 0 bridgehead atoms. The third kappa shape index (κ3) is 3.40. The molecule has 0 N–H and O–H groups in total. The van der Waals surface area contributed by atoms with Crippen LogP contribution in [0.3, 0.4) is 0 Å². The molecule has 1 fully saturated rings. The van der Waals surface area contributed by atoms with E-state index < -0.39 is 0 Å². The predicted molar refractivity (Wildman–Crippen MR) is 132 cm³/mol. The summed E-state index contributed by atoms with van der Waals surface area (Å²) in [6, 6.07) is 11.5. The van der Waals surface area contributed by atoms with Gasteiger partial charge in [0, 0.05) is 23.1 Å². The molecule has 2 aliphatic rings. The molecule has 1 aliphatic heterocycles. The van der Waals surface area contributed by atoms with E-state index in [9.17, 15) is 9.59 Å². The molecule has 0 aromatic heterocycles. The average Bonchev–Trinajstić information content (AvgIpc) is 3.25. The molecule has 0 radical (unpaired) electrons. The Morgan fingerprint density at radius 1 is 0.938 bits per heavy atom. The van der Waals surface area contributed by atoms with Crippen LogP contribution in [0.15, 0.2) is 36.4 Å². The quantitative estimate of drug-likeness (QED) is 0.447. The van der Waals surface area contributed by atoms with Crippen LogP contribution in [0.1, 0.15) is 95.4 Å². The van der Waals surface area contributed by atoms with Gasteiger partial charge in [-0.3, -0.25) is 14.5 Å². The number of rotatable bonds is 6. The number of hydrogen-bond acceptors (Lipinski definition) is 2. The number of carbonyl (C=O) groups excluding carboxylic acids is 2. The lowest BCUT2D eigenvalue weighted by molar-refractivity contribution is 0.0578. The molecule has 1 aliphatic carbocycles. The van der Waals surface area contributed by atoms with Gasteiger partial charge in [0.05, 0.1) is 0 Å². The van der Waals surface area contributed by atoms with Gasteiger partial charge >= 0.3 is 0 Å². The molecule has 2 aromatic carbocycles. The van der Waals surface area contributed by atoms with Gasteiger partial charge < -0.3 is 0 Å². The summed E-state index contributed by atoms with van der Waals surface area (Å²) >= 11 is 0. The topological polar surface area (TPSA) is 37.4 Å². The second-order valence-electron chi connectivity index (χ2n) is 12.6. The molecule has 4 rings (SSSR count). The van der Waals surface area contributed by atoms with E-state index in [-0.39, 0.29) is 28.1 Å². The first kappa shape index (κ1) is 23.0. The SMILES string of the molecule is CC(CCN1C(=O)c2cccc3cccc(c23)C1=O)C1(C)CC1(C)CC(C)(C)C(C)(C)C. The second-order valence-corrected chi connectivity index (χ2v) is 12.6. The van der Waals surface area contributed by atoms with Crippen molar-refractivity contribution in [3.8, 4) is 0 Å². The Bertz CT molecular complexity index is 1040. The lowest BCUT2D eigenvalue weighted by Crippen LogP contribution is -2.41. The van der Waals surface area contributed by atoms with Crippen molar-refractivity contribution in [2.45, 2.75) is 74.7 Å². The largest absolute Gasteiger partial charge is 0.274 e. The summed E-state index contributed by atoms with van der Waals surface area (Å²) in [5.41, 5.74) is 2.36. The van der Waals surface area contributed by atoms with E-state index in [0.717, 1.165) is 17.2 Å². The summed E-state index contributed by atoms with van der Waals surface area (Å²) in [6.45, 7) is 19.4. The maximum Gasteiger partial charge on any atom is 0.261 e. The van der Waals surface area contributed by atoms with E-state index in [2.05, 4.69) is 55.4 Å². The molecule has 3 nitrogen and oxygen atoms in total. The first-order valence-corrected chi connectivity index (χ1v) is 12.1. The lowest BCUT2D eigenvalue weighted by Gasteiger charge is -2.42. The molecule has 3 heteroatoms. The predicted octanol–water partition coefficient (Wildman–Crippen LogP) is 7.34. The summed E-state index contributed by atoms with van der Waals surface area (Å²) < 4.78 is 0. The number of hydrogen-bond donors (Lipinski definition) is 0. The van der Waals surface area contributed by atoms with Crippen LogP contribution in [0.5, 0.6) is 0 Å². The average molecular weight is 434 g/mol. The summed E-state index contributed by atoms with van der Waals surface area (Å²) in [5.74, 6) is 0.144. The number of nitrogens with zero attached hydrogens (tertiary/aromatic N) is 1. The van der Waals surface area contributed by atoms with E-state index >= 15 is 0 Å². The van der Waals surface area contributed by atoms with Crippen LogP contribution in [0.25, 0.3) is 10.8 Å². The fourth-order valence-electron chi connectivity index (χ4n) is 5.97. The summed E-state index contributed by atoms with van der Waals surface area (Å²) in [7, 11) is 0. The van der Waals surface area contributed by atoms with Crippen LogP contribution in [-0.2, 0) is 0 Å². The van der Waals surface area contributed by atoms with Gasteiger partial charge in [0.25, 0.3) is 11.8 Å². The summed E-state index contributed by atoms with van der Waals surface area (Å²) in [5, 5.41) is 1.76. The number of benzene rings is 2. The second kappa shape index (κ2) is 7.17. The minimum absolute atomic E-state index is 0.149. The van der Waals surface area contributed by atoms with Gasteiger partial charge in [-0.2, -0.15) is 0 Å². The van der Waals surface area contributed by atoms with Gasteiger partial charge in [0.1, 0.15) is 0 Å². The Morgan fingerprint density at radius 3 is 1.97 bits per heavy atom. The van der Waals surface area contributed by atoms with Crippen molar-refractivity contribution in [1.82, 2.24) is 4.90 Å². The molecule has 172 valence electrons. The van der Waals surface area contributed by atoms with Gasteiger partial charge in [0.2, 0.25) is 0 Å². The van der Waals surface area contributed by atoms with Crippen molar-refractivity contribution in [1.29, 1.82) is 0 Å². The van der Waals surface area contributed by atoms with Gasteiger partial charge in [0.15, 0.2) is 0 Å². The Labute approximate surface area is 193 Å². The maximum absolute atomic E-state index is 13.2. The zero-order valence-electron chi connectivity index (χ0n) is 21.1. The highest BCUT2D eigenvalue weighted by atomic mass is 16.2. The van der Waals surface area contributed by atoms with Crippen molar-refractivity contribution in [3.05, 3.63) is 47.5 Å². The number of carbonyl (C=O) groups is 2. The molecule has 1 saturated carbocycles. The number of amides is 2. The Morgan fingerprint density at radius 2 is 1.47 bits per heavy atom. The number of imide groups is 1. The minimum atomic E-state index is -0.149. The van der Waals surface area contributed by atoms with Crippen molar-refractivity contribution in [2.24, 2.45) is 27.6 Å². The van der Waals surface area contributed by atoms with Gasteiger partial charge in [-0.15, -0.1) is 0 Å². The van der Waals surface area contributed by atoms with Crippen LogP contribution >= 0.6 is 0 Å². The van der Waals surface area contributed by atoms with Crippen LogP contribution in [0, 0.1) is 27.6 Å². The van der Waals surface area contributed by atoms with Crippen LogP contribution in [-0.4, -0.2) is 23.3 Å². The zero-order chi connectivity index (χ0) is 23.7. The molecule has 2 aromatic rings. The van der Waals surface area contributed by atoms with E-state index in [1.165, 1.54) is 17.7 Å². The minimum Gasteiger partial charge on any atom is -0.274 e. The zero-order valence-corrected chi connectivity index (χ0v) is 21.1. The molecule has 0 saturated heterocycles. The van der Waals surface area contributed by atoms with Crippen molar-refractivity contribution >= 4 is 22.6 Å². The van der Waals surface area contributed by atoms with Crippen molar-refractivity contribution in [3.63, 3.8) is 0 Å². The molecule has 3 unspecified atom stereocenters. The Kier molecular flexibility index (Phi) is 5.16. The fourth-order valence-corrected chi connectivity index (χ4v) is 5.97. The summed E-state index contributed by atoms with van der Waals surface area (Å²) in [6.07, 6.45) is 3.25. The van der Waals surface area contributed by atoms with Crippen molar-refractivity contribution in [2.75, 3.05) is 6.54 Å². The van der Waals surface area contributed by atoms with Gasteiger partial charge in [-0.1, -0.05) is 79.7 Å². The fraction of sp³-hybridized carbons (Fsp3) is 0.586. The van der Waals surface area contributed by atoms with Gasteiger partial charge in [-0.25, -0.2) is 0 Å². The van der Waals surface area contributed by atoms with E-state index in [1.807, 2.05) is 36.4 Å². The summed E-state index contributed by atoms with van der Waals surface area (Å²) in [4.78, 5) is 27.9. The van der Waals surface area contributed by atoms with Crippen LogP contribution in [0.2, 0.25) is 0 Å². The molecular weight excluding hydrogens is 394 g/mol.